The third kappa shape index (κ3) is 3.38. The van der Waals surface area contributed by atoms with E-state index in [0.717, 1.165) is 0 Å². The number of rotatable bonds is 2. The van der Waals surface area contributed by atoms with Gasteiger partial charge in [-0.3, -0.25) is 10.1 Å². The molecule has 15 heavy (non-hydrogen) atoms. The molecule has 0 aliphatic rings. The van der Waals surface area contributed by atoms with Crippen LogP contribution in [0.3, 0.4) is 0 Å². The molecule has 1 aromatic rings. The highest BCUT2D eigenvalue weighted by atomic mass is 16.6. The fraction of sp³-hybridized carbons (Fsp3) is 0.111. The number of nitro groups is 1. The van der Waals surface area contributed by atoms with Crippen LogP contribution in [0.4, 0.5) is 5.69 Å². The van der Waals surface area contributed by atoms with E-state index in [9.17, 15) is 10.1 Å². The Morgan fingerprint density at radius 3 is 3.07 bits per heavy atom. The minimum Gasteiger partial charge on any atom is -0.258 e. The molecule has 0 atom stereocenters. The van der Waals surface area contributed by atoms with E-state index in [-0.39, 0.29) is 12.2 Å². The zero-order valence-corrected chi connectivity index (χ0v) is 7.62. The van der Waals surface area contributed by atoms with Crippen LogP contribution in [0.5, 0.6) is 0 Å². The topological polar surface area (TPSA) is 91.9 Å². The van der Waals surface area contributed by atoms with Crippen molar-refractivity contribution in [2.75, 3.05) is 6.54 Å². The molecule has 0 heterocycles. The van der Waals surface area contributed by atoms with Crippen LogP contribution >= 0.6 is 0 Å². The van der Waals surface area contributed by atoms with E-state index in [1.807, 2.05) is 0 Å². The second kappa shape index (κ2) is 5.27. The standard InChI is InChI=1S/C9H6N4O2/c10-12-11-6-2-4-8-3-1-5-9(7-8)13(14)15/h1,3,5,7H,6H2. The predicted molar refractivity (Wildman–Crippen MR) is 54.0 cm³/mol. The van der Waals surface area contributed by atoms with Gasteiger partial charge in [0.2, 0.25) is 0 Å². The van der Waals surface area contributed by atoms with Gasteiger partial charge >= 0.3 is 0 Å². The molecule has 0 spiro atoms. The van der Waals surface area contributed by atoms with E-state index < -0.39 is 4.92 Å². The zero-order valence-electron chi connectivity index (χ0n) is 7.62. The summed E-state index contributed by atoms with van der Waals surface area (Å²) in [6.45, 7) is 0.0548. The van der Waals surface area contributed by atoms with Crippen molar-refractivity contribution in [2.24, 2.45) is 5.11 Å². The lowest BCUT2D eigenvalue weighted by atomic mass is 10.2. The summed E-state index contributed by atoms with van der Waals surface area (Å²) >= 11 is 0. The van der Waals surface area contributed by atoms with Gasteiger partial charge in [-0.25, -0.2) is 0 Å². The van der Waals surface area contributed by atoms with E-state index in [2.05, 4.69) is 21.9 Å². The Bertz CT molecular complexity index is 480. The number of benzene rings is 1. The monoisotopic (exact) mass is 202 g/mol. The number of hydrogen-bond donors (Lipinski definition) is 0. The highest BCUT2D eigenvalue weighted by molar-refractivity contribution is 5.43. The van der Waals surface area contributed by atoms with Gasteiger partial charge in [-0.1, -0.05) is 23.0 Å². The average molecular weight is 202 g/mol. The van der Waals surface area contributed by atoms with Gasteiger partial charge in [0.25, 0.3) is 5.69 Å². The Hall–Kier alpha value is -2.51. The lowest BCUT2D eigenvalue weighted by Gasteiger charge is -1.91. The Balaban J connectivity index is 2.84. The van der Waals surface area contributed by atoms with Gasteiger partial charge in [-0.05, 0) is 11.6 Å². The van der Waals surface area contributed by atoms with Crippen molar-refractivity contribution < 1.29 is 4.92 Å². The summed E-state index contributed by atoms with van der Waals surface area (Å²) < 4.78 is 0. The third-order valence-electron chi connectivity index (χ3n) is 1.50. The first-order valence-corrected chi connectivity index (χ1v) is 3.98. The summed E-state index contributed by atoms with van der Waals surface area (Å²) in [4.78, 5) is 12.5. The van der Waals surface area contributed by atoms with Crippen molar-refractivity contribution in [3.05, 3.63) is 50.4 Å². The van der Waals surface area contributed by atoms with Crippen molar-refractivity contribution in [1.82, 2.24) is 0 Å². The molecule has 0 radical (unpaired) electrons. The fourth-order valence-corrected chi connectivity index (χ4v) is 0.906. The Labute approximate surface area is 85.3 Å². The van der Waals surface area contributed by atoms with Crippen LogP contribution in [0, 0.1) is 22.0 Å². The van der Waals surface area contributed by atoms with E-state index in [1.54, 1.807) is 12.1 Å². The van der Waals surface area contributed by atoms with Crippen molar-refractivity contribution >= 4 is 5.69 Å². The maximum Gasteiger partial charge on any atom is 0.270 e. The van der Waals surface area contributed by atoms with E-state index in [0.29, 0.717) is 5.56 Å². The minimum atomic E-state index is -0.487. The van der Waals surface area contributed by atoms with Crippen LogP contribution in [0.25, 0.3) is 10.4 Å². The average Bonchev–Trinajstić information content (AvgIpc) is 2.25. The maximum absolute atomic E-state index is 10.4. The predicted octanol–water partition coefficient (Wildman–Crippen LogP) is 2.26. The van der Waals surface area contributed by atoms with Gasteiger partial charge in [0.05, 0.1) is 11.5 Å². The van der Waals surface area contributed by atoms with Crippen molar-refractivity contribution in [3.8, 4) is 11.8 Å². The molecule has 0 aliphatic carbocycles. The first kappa shape index (κ1) is 10.6. The lowest BCUT2D eigenvalue weighted by molar-refractivity contribution is -0.384. The molecule has 0 aromatic heterocycles. The number of azide groups is 1. The molecule has 74 valence electrons. The quantitative estimate of drug-likeness (QED) is 0.184. The van der Waals surface area contributed by atoms with Gasteiger partial charge in [0, 0.05) is 22.6 Å². The SMILES string of the molecule is [N-]=[N+]=NCC#Cc1cccc([N+](=O)[O-])c1. The molecule has 0 saturated carbocycles. The lowest BCUT2D eigenvalue weighted by Crippen LogP contribution is -1.87. The normalized spacial score (nSPS) is 8.27. The molecular formula is C9H6N4O2. The van der Waals surface area contributed by atoms with Gasteiger partial charge < -0.3 is 0 Å². The second-order valence-electron chi connectivity index (χ2n) is 2.50. The number of non-ortho nitro benzene ring substituents is 1. The van der Waals surface area contributed by atoms with Crippen LogP contribution in [0.15, 0.2) is 29.4 Å². The maximum atomic E-state index is 10.4. The molecule has 6 nitrogen and oxygen atoms in total. The number of nitro benzene ring substituents is 1. The third-order valence-corrected chi connectivity index (χ3v) is 1.50. The second-order valence-corrected chi connectivity index (χ2v) is 2.50. The van der Waals surface area contributed by atoms with E-state index in [4.69, 9.17) is 5.53 Å². The minimum absolute atomic E-state index is 0.00872. The summed E-state index contributed by atoms with van der Waals surface area (Å²) in [7, 11) is 0. The smallest absolute Gasteiger partial charge is 0.258 e. The molecular weight excluding hydrogens is 196 g/mol. The van der Waals surface area contributed by atoms with E-state index in [1.165, 1.54) is 12.1 Å². The van der Waals surface area contributed by atoms with Crippen molar-refractivity contribution in [1.29, 1.82) is 0 Å². The molecule has 0 fully saturated rings. The van der Waals surface area contributed by atoms with Crippen LogP contribution in [0.2, 0.25) is 0 Å². The Kier molecular flexibility index (Phi) is 3.71. The zero-order chi connectivity index (χ0) is 11.1. The van der Waals surface area contributed by atoms with Crippen LogP contribution < -0.4 is 0 Å². The largest absolute Gasteiger partial charge is 0.270 e. The number of nitrogens with zero attached hydrogens (tertiary/aromatic N) is 4. The summed E-state index contributed by atoms with van der Waals surface area (Å²) in [5.41, 5.74) is 8.50. The van der Waals surface area contributed by atoms with Crippen LogP contribution in [-0.2, 0) is 0 Å². The van der Waals surface area contributed by atoms with E-state index >= 15 is 0 Å². The Morgan fingerprint density at radius 2 is 2.40 bits per heavy atom. The van der Waals surface area contributed by atoms with Gasteiger partial charge in [0.15, 0.2) is 0 Å². The first-order chi connectivity index (χ1) is 7.24. The van der Waals surface area contributed by atoms with Gasteiger partial charge in [0.1, 0.15) is 0 Å². The molecule has 1 aromatic carbocycles. The fourth-order valence-electron chi connectivity index (χ4n) is 0.906. The first-order valence-electron chi connectivity index (χ1n) is 3.98. The molecule has 0 unspecified atom stereocenters. The van der Waals surface area contributed by atoms with Gasteiger partial charge in [-0.15, -0.1) is 0 Å². The highest BCUT2D eigenvalue weighted by Crippen LogP contribution is 2.11. The molecule has 0 N–H and O–H groups in total. The highest BCUT2D eigenvalue weighted by Gasteiger charge is 2.03. The summed E-state index contributed by atoms with van der Waals surface area (Å²) in [5, 5.41) is 13.6. The van der Waals surface area contributed by atoms with Crippen molar-refractivity contribution in [3.63, 3.8) is 0 Å². The molecule has 0 aliphatic heterocycles. The van der Waals surface area contributed by atoms with Crippen LogP contribution in [0.1, 0.15) is 5.56 Å². The molecule has 0 saturated heterocycles. The summed E-state index contributed by atoms with van der Waals surface area (Å²) in [5.74, 6) is 5.23. The van der Waals surface area contributed by atoms with Gasteiger partial charge in [-0.2, -0.15) is 0 Å². The van der Waals surface area contributed by atoms with Crippen LogP contribution in [-0.4, -0.2) is 11.5 Å². The number of hydrogen-bond acceptors (Lipinski definition) is 3. The molecule has 0 bridgehead atoms. The summed E-state index contributed by atoms with van der Waals surface area (Å²) in [6, 6.07) is 5.95. The molecule has 0 amide bonds. The molecule has 6 heteroatoms. The molecule has 1 rings (SSSR count). The van der Waals surface area contributed by atoms with Crippen molar-refractivity contribution in [2.45, 2.75) is 0 Å². The Morgan fingerprint density at radius 1 is 1.60 bits per heavy atom. The summed E-state index contributed by atoms with van der Waals surface area (Å²) in [6.07, 6.45) is 0.